The third-order valence-electron chi connectivity index (χ3n) is 4.00. The van der Waals surface area contributed by atoms with Gasteiger partial charge in [-0.25, -0.2) is 0 Å². The number of rotatable bonds is 4. The molecule has 1 fully saturated rings. The van der Waals surface area contributed by atoms with Crippen LogP contribution in [0.1, 0.15) is 24.1 Å². The van der Waals surface area contributed by atoms with E-state index in [9.17, 15) is 0 Å². The van der Waals surface area contributed by atoms with Gasteiger partial charge in [-0.15, -0.1) is 0 Å². The Kier molecular flexibility index (Phi) is 4.32. The van der Waals surface area contributed by atoms with E-state index >= 15 is 0 Å². The molecule has 6 nitrogen and oxygen atoms in total. The SMILES string of the molecule is Cc1nn(C)c(N2CCC(CN(C)C)CC2)c1C(=N)N. The van der Waals surface area contributed by atoms with Gasteiger partial charge in [-0.2, -0.15) is 5.10 Å². The zero-order chi connectivity index (χ0) is 14.9. The molecule has 0 saturated carbocycles. The molecule has 1 aromatic heterocycles. The molecule has 0 bridgehead atoms. The van der Waals surface area contributed by atoms with E-state index in [0.29, 0.717) is 0 Å². The van der Waals surface area contributed by atoms with Crippen LogP contribution in [0.2, 0.25) is 0 Å². The summed E-state index contributed by atoms with van der Waals surface area (Å²) >= 11 is 0. The van der Waals surface area contributed by atoms with E-state index in [0.717, 1.165) is 42.6 Å². The largest absolute Gasteiger partial charge is 0.384 e. The molecule has 0 atom stereocenters. The summed E-state index contributed by atoms with van der Waals surface area (Å²) in [4.78, 5) is 4.58. The van der Waals surface area contributed by atoms with Gasteiger partial charge < -0.3 is 15.5 Å². The van der Waals surface area contributed by atoms with Gasteiger partial charge in [-0.3, -0.25) is 10.1 Å². The van der Waals surface area contributed by atoms with Crippen LogP contribution in [-0.4, -0.2) is 54.2 Å². The Morgan fingerprint density at radius 2 is 2.00 bits per heavy atom. The van der Waals surface area contributed by atoms with Gasteiger partial charge in [0.05, 0.1) is 11.3 Å². The highest BCUT2D eigenvalue weighted by atomic mass is 15.4. The molecule has 0 aliphatic carbocycles. The van der Waals surface area contributed by atoms with Crippen molar-refractivity contribution in [2.24, 2.45) is 18.7 Å². The van der Waals surface area contributed by atoms with Crippen LogP contribution in [0.15, 0.2) is 0 Å². The summed E-state index contributed by atoms with van der Waals surface area (Å²) in [5.74, 6) is 1.87. The molecule has 0 amide bonds. The molecule has 1 saturated heterocycles. The standard InChI is InChI=1S/C14H26N6/c1-10-12(13(15)16)14(19(4)17-10)20-7-5-11(6-8-20)9-18(2)3/h11H,5-9H2,1-4H3,(H3,15,16). The lowest BCUT2D eigenvalue weighted by Gasteiger charge is -2.34. The predicted molar refractivity (Wildman–Crippen MR) is 82.5 cm³/mol. The van der Waals surface area contributed by atoms with Crippen LogP contribution in [0, 0.1) is 18.3 Å². The van der Waals surface area contributed by atoms with E-state index in [1.165, 1.54) is 12.8 Å². The number of anilines is 1. The first kappa shape index (κ1) is 14.8. The molecule has 0 aromatic carbocycles. The van der Waals surface area contributed by atoms with E-state index in [1.807, 2.05) is 18.7 Å². The van der Waals surface area contributed by atoms with Gasteiger partial charge in [0.25, 0.3) is 0 Å². The minimum absolute atomic E-state index is 0.112. The summed E-state index contributed by atoms with van der Waals surface area (Å²) in [6, 6.07) is 0. The molecular formula is C14H26N6. The first-order valence-corrected chi connectivity index (χ1v) is 7.17. The fraction of sp³-hybridized carbons (Fsp3) is 0.714. The number of nitrogens with zero attached hydrogens (tertiary/aromatic N) is 4. The lowest BCUT2D eigenvalue weighted by Crippen LogP contribution is -2.38. The van der Waals surface area contributed by atoms with Crippen molar-refractivity contribution in [3.8, 4) is 0 Å². The number of nitrogen functional groups attached to an aromatic ring is 1. The first-order valence-electron chi connectivity index (χ1n) is 7.17. The summed E-state index contributed by atoms with van der Waals surface area (Å²) < 4.78 is 1.86. The van der Waals surface area contributed by atoms with Crippen molar-refractivity contribution in [1.29, 1.82) is 5.41 Å². The van der Waals surface area contributed by atoms with Crippen LogP contribution < -0.4 is 10.6 Å². The van der Waals surface area contributed by atoms with Gasteiger partial charge in [-0.1, -0.05) is 0 Å². The Morgan fingerprint density at radius 1 is 1.40 bits per heavy atom. The summed E-state index contributed by atoms with van der Waals surface area (Å²) in [5, 5.41) is 12.2. The molecule has 0 unspecified atom stereocenters. The molecule has 2 rings (SSSR count). The number of amidine groups is 1. The van der Waals surface area contributed by atoms with Gasteiger partial charge in [0.2, 0.25) is 0 Å². The average Bonchev–Trinajstić information content (AvgIpc) is 2.64. The van der Waals surface area contributed by atoms with Crippen molar-refractivity contribution in [1.82, 2.24) is 14.7 Å². The second-order valence-electron chi connectivity index (χ2n) is 6.01. The molecule has 2 heterocycles. The average molecular weight is 278 g/mol. The fourth-order valence-corrected chi connectivity index (χ4v) is 3.17. The lowest BCUT2D eigenvalue weighted by molar-refractivity contribution is 0.284. The van der Waals surface area contributed by atoms with Crippen molar-refractivity contribution in [2.75, 3.05) is 38.6 Å². The van der Waals surface area contributed by atoms with Gasteiger partial charge in [0.15, 0.2) is 0 Å². The second kappa shape index (κ2) is 5.83. The van der Waals surface area contributed by atoms with Crippen molar-refractivity contribution in [3.05, 3.63) is 11.3 Å². The second-order valence-corrected chi connectivity index (χ2v) is 6.01. The van der Waals surface area contributed by atoms with Gasteiger partial charge >= 0.3 is 0 Å². The van der Waals surface area contributed by atoms with E-state index in [2.05, 4.69) is 29.0 Å². The summed E-state index contributed by atoms with van der Waals surface area (Å²) in [5.41, 5.74) is 7.35. The third-order valence-corrected chi connectivity index (χ3v) is 4.00. The van der Waals surface area contributed by atoms with Crippen molar-refractivity contribution in [3.63, 3.8) is 0 Å². The van der Waals surface area contributed by atoms with Gasteiger partial charge in [0.1, 0.15) is 11.7 Å². The smallest absolute Gasteiger partial charge is 0.137 e. The minimum Gasteiger partial charge on any atom is -0.384 e. The molecule has 6 heteroatoms. The predicted octanol–water partition coefficient (Wildman–Crippen LogP) is 0.791. The minimum atomic E-state index is 0.112. The first-order chi connectivity index (χ1) is 9.40. The summed E-state index contributed by atoms with van der Waals surface area (Å²) in [7, 11) is 6.19. The van der Waals surface area contributed by atoms with Gasteiger partial charge in [-0.05, 0) is 39.8 Å². The Morgan fingerprint density at radius 3 is 2.50 bits per heavy atom. The van der Waals surface area contributed by atoms with Crippen molar-refractivity contribution in [2.45, 2.75) is 19.8 Å². The topological polar surface area (TPSA) is 74.2 Å². The quantitative estimate of drug-likeness (QED) is 0.631. The van der Waals surface area contributed by atoms with Crippen LogP contribution in [0.25, 0.3) is 0 Å². The Balaban J connectivity index is 2.13. The van der Waals surface area contributed by atoms with Crippen LogP contribution in [0.4, 0.5) is 5.82 Å². The molecule has 0 spiro atoms. The molecular weight excluding hydrogens is 252 g/mol. The van der Waals surface area contributed by atoms with Gasteiger partial charge in [0, 0.05) is 26.7 Å². The molecule has 3 N–H and O–H groups in total. The Labute approximate surface area is 121 Å². The number of nitrogens with two attached hydrogens (primary N) is 1. The number of aromatic nitrogens is 2. The zero-order valence-corrected chi connectivity index (χ0v) is 13.0. The molecule has 20 heavy (non-hydrogen) atoms. The van der Waals surface area contributed by atoms with Crippen molar-refractivity contribution >= 4 is 11.7 Å². The molecule has 112 valence electrons. The van der Waals surface area contributed by atoms with E-state index in [-0.39, 0.29) is 5.84 Å². The van der Waals surface area contributed by atoms with Crippen LogP contribution in [0.5, 0.6) is 0 Å². The van der Waals surface area contributed by atoms with Crippen molar-refractivity contribution < 1.29 is 0 Å². The number of nitrogens with one attached hydrogen (secondary N) is 1. The Hall–Kier alpha value is -1.56. The third kappa shape index (κ3) is 2.95. The van der Waals surface area contributed by atoms with Crippen LogP contribution in [0.3, 0.4) is 0 Å². The maximum atomic E-state index is 7.77. The lowest BCUT2D eigenvalue weighted by atomic mass is 9.96. The maximum Gasteiger partial charge on any atom is 0.137 e. The normalized spacial score (nSPS) is 16.9. The molecule has 1 aliphatic rings. The van der Waals surface area contributed by atoms with Crippen LogP contribution in [-0.2, 0) is 7.05 Å². The van der Waals surface area contributed by atoms with E-state index in [4.69, 9.17) is 11.1 Å². The highest BCUT2D eigenvalue weighted by Crippen LogP contribution is 2.27. The highest BCUT2D eigenvalue weighted by Gasteiger charge is 2.26. The zero-order valence-electron chi connectivity index (χ0n) is 13.0. The number of piperidine rings is 1. The fourth-order valence-electron chi connectivity index (χ4n) is 3.17. The number of hydrogen-bond acceptors (Lipinski definition) is 4. The number of aryl methyl sites for hydroxylation is 2. The van der Waals surface area contributed by atoms with Crippen LogP contribution >= 0.6 is 0 Å². The number of hydrogen-bond donors (Lipinski definition) is 2. The summed E-state index contributed by atoms with van der Waals surface area (Å²) in [6.07, 6.45) is 2.36. The maximum absolute atomic E-state index is 7.77. The monoisotopic (exact) mass is 278 g/mol. The molecule has 0 radical (unpaired) electrons. The molecule has 1 aliphatic heterocycles. The Bertz CT molecular complexity index is 482. The van der Waals surface area contributed by atoms with E-state index in [1.54, 1.807) is 0 Å². The molecule has 1 aromatic rings. The van der Waals surface area contributed by atoms with E-state index < -0.39 is 0 Å². The summed E-state index contributed by atoms with van der Waals surface area (Å²) in [6.45, 7) is 5.09. The highest BCUT2D eigenvalue weighted by molar-refractivity contribution is 6.00.